The van der Waals surface area contributed by atoms with Gasteiger partial charge in [0.05, 0.1) is 60.7 Å². The van der Waals surface area contributed by atoms with Crippen LogP contribution < -0.4 is 5.32 Å². The molecule has 0 spiro atoms. The molecule has 0 radical (unpaired) electrons. The minimum absolute atomic E-state index is 0.0526. The van der Waals surface area contributed by atoms with E-state index in [1.807, 2.05) is 24.3 Å². The van der Waals surface area contributed by atoms with Crippen molar-refractivity contribution in [3.8, 4) is 45.6 Å². The van der Waals surface area contributed by atoms with Crippen molar-refractivity contribution in [1.82, 2.24) is 35.1 Å². The van der Waals surface area contributed by atoms with E-state index in [0.717, 1.165) is 68.6 Å². The SMILES string of the molecule is C#CC[C@@H](CC(=O)OC)C(=O)N1CCC[C@H]1c1nc2ccc(-c3ccc(-c4ccc5nc([C@@H]6CCCN6C(=O)[C@@H](CC#C)NC(=O)OC)[nH]c5c4)s3)cc2[nH]1. The van der Waals surface area contributed by atoms with Crippen molar-refractivity contribution in [1.29, 1.82) is 0 Å². The minimum Gasteiger partial charge on any atom is -0.469 e. The van der Waals surface area contributed by atoms with Crippen molar-refractivity contribution in [2.75, 3.05) is 27.3 Å². The van der Waals surface area contributed by atoms with Gasteiger partial charge in [0.25, 0.3) is 0 Å². The third-order valence-corrected chi connectivity index (χ3v) is 11.5. The normalized spacial score (nSPS) is 17.8. The molecular formula is C41H41N7O6S. The molecule has 2 aliphatic heterocycles. The summed E-state index contributed by atoms with van der Waals surface area (Å²) in [5, 5.41) is 2.56. The van der Waals surface area contributed by atoms with Crippen molar-refractivity contribution in [2.24, 2.45) is 5.92 Å². The van der Waals surface area contributed by atoms with E-state index in [0.29, 0.717) is 24.7 Å². The highest BCUT2D eigenvalue weighted by Crippen LogP contribution is 2.39. The zero-order valence-corrected chi connectivity index (χ0v) is 31.4. The molecule has 0 bridgehead atoms. The second kappa shape index (κ2) is 16.1. The lowest BCUT2D eigenvalue weighted by atomic mass is 9.99. The van der Waals surface area contributed by atoms with E-state index in [1.165, 1.54) is 14.2 Å². The van der Waals surface area contributed by atoms with Crippen molar-refractivity contribution in [3.05, 3.63) is 60.2 Å². The van der Waals surface area contributed by atoms with Gasteiger partial charge in [-0.25, -0.2) is 14.8 Å². The minimum atomic E-state index is -0.885. The lowest BCUT2D eigenvalue weighted by molar-refractivity contribution is -0.147. The lowest BCUT2D eigenvalue weighted by Crippen LogP contribution is -2.48. The Morgan fingerprint density at radius 1 is 0.818 bits per heavy atom. The topological polar surface area (TPSA) is 163 Å². The molecule has 3 N–H and O–H groups in total. The van der Waals surface area contributed by atoms with Gasteiger partial charge in [0.15, 0.2) is 0 Å². The third kappa shape index (κ3) is 7.64. The first-order valence-corrected chi connectivity index (χ1v) is 19.0. The highest BCUT2D eigenvalue weighted by molar-refractivity contribution is 7.18. The van der Waals surface area contributed by atoms with Gasteiger partial charge in [-0.15, -0.1) is 36.0 Å². The maximum absolute atomic E-state index is 13.5. The van der Waals surface area contributed by atoms with E-state index >= 15 is 0 Å². The molecule has 13 nitrogen and oxygen atoms in total. The predicted octanol–water partition coefficient (Wildman–Crippen LogP) is 6.11. The van der Waals surface area contributed by atoms with E-state index in [1.54, 1.807) is 21.1 Å². The monoisotopic (exact) mass is 759 g/mol. The van der Waals surface area contributed by atoms with Crippen LogP contribution in [0, 0.1) is 30.6 Å². The average Bonchev–Trinajstić information content (AvgIpc) is 4.04. The van der Waals surface area contributed by atoms with Crippen LogP contribution in [0.15, 0.2) is 48.5 Å². The number of amides is 3. The Kier molecular flexibility index (Phi) is 10.9. The summed E-state index contributed by atoms with van der Waals surface area (Å²) < 4.78 is 9.50. The van der Waals surface area contributed by atoms with E-state index in [9.17, 15) is 19.2 Å². The second-order valence-electron chi connectivity index (χ2n) is 13.7. The summed E-state index contributed by atoms with van der Waals surface area (Å²) in [6.07, 6.45) is 13.6. The summed E-state index contributed by atoms with van der Waals surface area (Å²) in [5.74, 6) is 4.90. The summed E-state index contributed by atoms with van der Waals surface area (Å²) in [4.78, 5) is 73.2. The van der Waals surface area contributed by atoms with E-state index < -0.39 is 24.0 Å². The highest BCUT2D eigenvalue weighted by Gasteiger charge is 2.37. The van der Waals surface area contributed by atoms with Gasteiger partial charge < -0.3 is 34.6 Å². The maximum Gasteiger partial charge on any atom is 0.407 e. The number of nitrogens with zero attached hydrogens (tertiary/aromatic N) is 4. The molecule has 4 atom stereocenters. The molecule has 0 unspecified atom stereocenters. The van der Waals surface area contributed by atoms with Gasteiger partial charge in [-0.1, -0.05) is 12.1 Å². The van der Waals surface area contributed by atoms with Crippen LogP contribution in [-0.2, 0) is 23.9 Å². The number of methoxy groups -OCH3 is 2. The van der Waals surface area contributed by atoms with Gasteiger partial charge in [-0.3, -0.25) is 14.4 Å². The molecule has 3 aromatic heterocycles. The van der Waals surface area contributed by atoms with Crippen LogP contribution >= 0.6 is 11.3 Å². The Hall–Kier alpha value is -6.12. The number of hydrogen-bond donors (Lipinski definition) is 3. The molecule has 2 aromatic carbocycles. The number of carbonyl (C=O) groups is 4. The summed E-state index contributed by atoms with van der Waals surface area (Å²) in [6.45, 7) is 1.10. The number of H-pyrrole nitrogens is 2. The fourth-order valence-electron chi connectivity index (χ4n) is 7.59. The third-order valence-electron chi connectivity index (χ3n) is 10.3. The number of fused-ring (bicyclic) bond motifs is 2. The summed E-state index contributed by atoms with van der Waals surface area (Å²) in [6, 6.07) is 15.0. The first-order chi connectivity index (χ1) is 26.7. The first kappa shape index (κ1) is 37.2. The fraction of sp³-hybridized carbons (Fsp3) is 0.366. The molecule has 14 heteroatoms. The molecule has 2 aliphatic rings. The van der Waals surface area contributed by atoms with Crippen molar-refractivity contribution in [2.45, 2.75) is 63.1 Å². The Morgan fingerprint density at radius 3 is 1.87 bits per heavy atom. The highest BCUT2D eigenvalue weighted by atomic mass is 32.1. The Balaban J connectivity index is 1.08. The Morgan fingerprint density at radius 2 is 1.36 bits per heavy atom. The molecular weight excluding hydrogens is 719 g/mol. The largest absolute Gasteiger partial charge is 0.469 e. The number of ether oxygens (including phenoxy) is 2. The number of imidazole rings is 2. The van der Waals surface area contributed by atoms with Gasteiger partial charge >= 0.3 is 12.1 Å². The number of nitrogens with one attached hydrogen (secondary N) is 3. The molecule has 5 heterocycles. The number of likely N-dealkylation sites (tertiary alicyclic amines) is 2. The smallest absolute Gasteiger partial charge is 0.407 e. The molecule has 282 valence electrons. The number of alkyl carbamates (subject to hydrolysis) is 1. The standard InChI is InChI=1S/C41H41N7O6S/c1-5-9-26(23-36(49)53-3)39(50)47-19-7-11-32(47)37-42-27-15-13-24(21-30(27)44-37)34-17-18-35(55-34)25-14-16-28-31(22-25)45-38(43-28)33-12-8-20-48(33)40(51)29(10-6-2)46-41(52)54-4/h1-2,13-18,21-22,26,29,32-33H,7-12,19-20,23H2,3-4H3,(H,42,44)(H,43,45)(H,46,52)/t26-,29+,32-,33-/m0/s1. The zero-order chi connectivity index (χ0) is 38.6. The van der Waals surface area contributed by atoms with Crippen LogP contribution in [0.25, 0.3) is 42.9 Å². The van der Waals surface area contributed by atoms with Gasteiger partial charge in [-0.2, -0.15) is 0 Å². The molecule has 2 saturated heterocycles. The van der Waals surface area contributed by atoms with Crippen LogP contribution in [-0.4, -0.2) is 87.0 Å². The molecule has 0 saturated carbocycles. The van der Waals surface area contributed by atoms with Crippen LogP contribution in [0.1, 0.15) is 68.7 Å². The van der Waals surface area contributed by atoms with Gasteiger partial charge in [0.2, 0.25) is 11.8 Å². The average molecular weight is 760 g/mol. The number of terminal acetylenes is 2. The fourth-order valence-corrected chi connectivity index (χ4v) is 8.58. The molecule has 3 amide bonds. The second-order valence-corrected chi connectivity index (χ2v) is 14.8. The molecule has 55 heavy (non-hydrogen) atoms. The Bertz CT molecular complexity index is 2190. The molecule has 2 fully saturated rings. The summed E-state index contributed by atoms with van der Waals surface area (Å²) in [5.41, 5.74) is 5.39. The number of benzene rings is 2. The number of aromatic amines is 2. The van der Waals surface area contributed by atoms with Gasteiger partial charge in [0.1, 0.15) is 17.7 Å². The van der Waals surface area contributed by atoms with Gasteiger partial charge in [0, 0.05) is 35.7 Å². The van der Waals surface area contributed by atoms with E-state index in [4.69, 9.17) is 32.3 Å². The summed E-state index contributed by atoms with van der Waals surface area (Å²) in [7, 11) is 2.55. The number of aromatic nitrogens is 4. The van der Waals surface area contributed by atoms with E-state index in [2.05, 4.69) is 51.4 Å². The Labute approximate surface area is 322 Å². The molecule has 0 aliphatic carbocycles. The predicted molar refractivity (Wildman–Crippen MR) is 208 cm³/mol. The van der Waals surface area contributed by atoms with Crippen LogP contribution in [0.2, 0.25) is 0 Å². The zero-order valence-electron chi connectivity index (χ0n) is 30.6. The number of thiophene rings is 1. The van der Waals surface area contributed by atoms with Crippen LogP contribution in [0.3, 0.4) is 0 Å². The molecule has 5 aromatic rings. The van der Waals surface area contributed by atoms with Gasteiger partial charge in [-0.05, 0) is 73.2 Å². The molecule has 7 rings (SSSR count). The lowest BCUT2D eigenvalue weighted by Gasteiger charge is -2.27. The first-order valence-electron chi connectivity index (χ1n) is 18.2. The quantitative estimate of drug-likeness (QED) is 0.107. The van der Waals surface area contributed by atoms with Crippen LogP contribution in [0.4, 0.5) is 4.79 Å². The number of esters is 1. The van der Waals surface area contributed by atoms with Crippen molar-refractivity contribution < 1.29 is 28.7 Å². The number of rotatable bonds is 11. The van der Waals surface area contributed by atoms with Crippen LogP contribution in [0.5, 0.6) is 0 Å². The van der Waals surface area contributed by atoms with Crippen molar-refractivity contribution in [3.63, 3.8) is 0 Å². The van der Waals surface area contributed by atoms with Crippen molar-refractivity contribution >= 4 is 57.3 Å². The number of carbonyl (C=O) groups excluding carboxylic acids is 4. The number of hydrogen-bond acceptors (Lipinski definition) is 9. The van der Waals surface area contributed by atoms with E-state index in [-0.39, 0.29) is 43.2 Å². The summed E-state index contributed by atoms with van der Waals surface area (Å²) >= 11 is 1.67. The maximum atomic E-state index is 13.5.